The van der Waals surface area contributed by atoms with E-state index in [0.717, 1.165) is 6.42 Å². The first-order valence-electron chi connectivity index (χ1n) is 6.54. The number of pyridine rings is 1. The number of carbonyl (C=O) groups excluding carboxylic acids is 1. The van der Waals surface area contributed by atoms with E-state index in [1.54, 1.807) is 0 Å². The maximum absolute atomic E-state index is 11.2. The van der Waals surface area contributed by atoms with Gasteiger partial charge in [0.05, 0.1) is 17.1 Å². The third-order valence-corrected chi connectivity index (χ3v) is 4.08. The first-order chi connectivity index (χ1) is 9.99. The van der Waals surface area contributed by atoms with Crippen LogP contribution in [0.2, 0.25) is 5.02 Å². The van der Waals surface area contributed by atoms with Crippen LogP contribution in [0.3, 0.4) is 0 Å². The highest BCUT2D eigenvalue weighted by molar-refractivity contribution is 6.33. The molecule has 1 atom stereocenters. The molecule has 1 unspecified atom stereocenters. The van der Waals surface area contributed by atoms with Crippen LogP contribution in [0.4, 0.5) is 5.82 Å². The van der Waals surface area contributed by atoms with Crippen molar-refractivity contribution < 1.29 is 19.4 Å². The van der Waals surface area contributed by atoms with Crippen molar-refractivity contribution in [2.24, 2.45) is 0 Å². The van der Waals surface area contributed by atoms with Gasteiger partial charge in [0.2, 0.25) is 5.91 Å². The van der Waals surface area contributed by atoms with Gasteiger partial charge in [-0.25, -0.2) is 9.78 Å². The molecule has 2 fully saturated rings. The molecule has 1 spiro atoms. The van der Waals surface area contributed by atoms with Gasteiger partial charge in [-0.2, -0.15) is 0 Å². The van der Waals surface area contributed by atoms with E-state index in [2.05, 4.69) is 10.3 Å². The number of hydrogen-bond acceptors (Lipinski definition) is 5. The Morgan fingerprint density at radius 1 is 1.57 bits per heavy atom. The molecule has 0 aromatic carbocycles. The van der Waals surface area contributed by atoms with Crippen LogP contribution in [0.1, 0.15) is 16.8 Å². The zero-order chi connectivity index (χ0) is 15.0. The number of ether oxygens (including phenoxy) is 1. The van der Waals surface area contributed by atoms with Crippen LogP contribution in [0.15, 0.2) is 12.3 Å². The van der Waals surface area contributed by atoms with Gasteiger partial charge in [-0.05, 0) is 12.5 Å². The summed E-state index contributed by atoms with van der Waals surface area (Å²) in [6.45, 7) is 1.78. The molecule has 8 heteroatoms. The lowest BCUT2D eigenvalue weighted by atomic mass is 10.0. The Labute approximate surface area is 125 Å². The van der Waals surface area contributed by atoms with Gasteiger partial charge >= 0.3 is 5.97 Å². The van der Waals surface area contributed by atoms with Crippen molar-refractivity contribution >= 4 is 29.3 Å². The Morgan fingerprint density at radius 3 is 3.00 bits per heavy atom. The molecular formula is C13H14ClN3O4. The number of carboxylic acids is 1. The highest BCUT2D eigenvalue weighted by Crippen LogP contribution is 2.33. The summed E-state index contributed by atoms with van der Waals surface area (Å²) in [6, 6.07) is 1.39. The highest BCUT2D eigenvalue weighted by atomic mass is 35.5. The number of aromatic carboxylic acids is 1. The lowest BCUT2D eigenvalue weighted by molar-refractivity contribution is -0.141. The topological polar surface area (TPSA) is 91.8 Å². The van der Waals surface area contributed by atoms with Crippen molar-refractivity contribution in [3.63, 3.8) is 0 Å². The number of morpholine rings is 1. The monoisotopic (exact) mass is 311 g/mol. The molecule has 0 bridgehead atoms. The maximum atomic E-state index is 11.2. The maximum Gasteiger partial charge on any atom is 0.337 e. The molecule has 2 N–H and O–H groups in total. The van der Waals surface area contributed by atoms with Gasteiger partial charge in [-0.3, -0.25) is 4.79 Å². The van der Waals surface area contributed by atoms with Crippen LogP contribution < -0.4 is 10.2 Å². The smallest absolute Gasteiger partial charge is 0.337 e. The number of amides is 1. The number of hydrogen-bond donors (Lipinski definition) is 2. The van der Waals surface area contributed by atoms with E-state index in [0.29, 0.717) is 30.5 Å². The average Bonchev–Trinajstić information content (AvgIpc) is 2.86. The standard InChI is InChI=1S/C13H14ClN3O4/c14-9-3-8(12(19)20)4-15-11(9)17-2-1-13(7-17)6-16-10(18)5-21-13/h3-4H,1-2,5-7H2,(H,16,18)(H,19,20). The molecule has 0 saturated carbocycles. The fourth-order valence-corrected chi connectivity index (χ4v) is 2.93. The predicted molar refractivity (Wildman–Crippen MR) is 74.7 cm³/mol. The van der Waals surface area contributed by atoms with Gasteiger partial charge in [0, 0.05) is 19.3 Å². The minimum Gasteiger partial charge on any atom is -0.478 e. The molecule has 1 aromatic heterocycles. The summed E-state index contributed by atoms with van der Waals surface area (Å²) in [5, 5.41) is 12.0. The quantitative estimate of drug-likeness (QED) is 0.828. The minimum absolute atomic E-state index is 0.0545. The number of nitrogens with one attached hydrogen (secondary N) is 1. The summed E-state index contributed by atoms with van der Waals surface area (Å²) in [4.78, 5) is 28.2. The number of carbonyl (C=O) groups is 2. The fourth-order valence-electron chi connectivity index (χ4n) is 2.65. The molecule has 0 aliphatic carbocycles. The van der Waals surface area contributed by atoms with Gasteiger partial charge in [0.1, 0.15) is 18.0 Å². The Bertz CT molecular complexity index is 597. The van der Waals surface area contributed by atoms with Crippen LogP contribution in [-0.4, -0.2) is 53.8 Å². The van der Waals surface area contributed by atoms with Crippen LogP contribution in [0, 0.1) is 0 Å². The zero-order valence-corrected chi connectivity index (χ0v) is 11.9. The molecule has 7 nitrogen and oxygen atoms in total. The van der Waals surface area contributed by atoms with Crippen molar-refractivity contribution in [2.75, 3.05) is 31.1 Å². The normalized spacial score (nSPS) is 25.2. The Hall–Kier alpha value is -1.86. The number of nitrogens with zero attached hydrogens (tertiary/aromatic N) is 2. The summed E-state index contributed by atoms with van der Waals surface area (Å²) in [7, 11) is 0. The summed E-state index contributed by atoms with van der Waals surface area (Å²) in [6.07, 6.45) is 2.05. The summed E-state index contributed by atoms with van der Waals surface area (Å²) < 4.78 is 5.67. The SMILES string of the molecule is O=C1COC2(CCN(c3ncc(C(=O)O)cc3Cl)C2)CN1. The van der Waals surface area contributed by atoms with Crippen LogP contribution in [0.5, 0.6) is 0 Å². The van der Waals surface area contributed by atoms with Crippen molar-refractivity contribution in [3.8, 4) is 0 Å². The first kappa shape index (κ1) is 14.1. The van der Waals surface area contributed by atoms with Gasteiger partial charge in [0.15, 0.2) is 0 Å². The number of carboxylic acid groups (broad SMARTS) is 1. The molecule has 2 aliphatic rings. The average molecular weight is 312 g/mol. The second-order valence-corrected chi connectivity index (χ2v) is 5.66. The highest BCUT2D eigenvalue weighted by Gasteiger charge is 2.43. The van der Waals surface area contributed by atoms with Crippen LogP contribution >= 0.6 is 11.6 Å². The molecule has 0 radical (unpaired) electrons. The summed E-state index contributed by atoms with van der Waals surface area (Å²) in [5.74, 6) is -0.632. The number of halogens is 1. The number of anilines is 1. The summed E-state index contributed by atoms with van der Waals surface area (Å²) >= 11 is 6.13. The van der Waals surface area contributed by atoms with E-state index in [9.17, 15) is 9.59 Å². The third kappa shape index (κ3) is 2.66. The summed E-state index contributed by atoms with van der Waals surface area (Å²) in [5.41, 5.74) is -0.358. The third-order valence-electron chi connectivity index (χ3n) is 3.80. The second-order valence-electron chi connectivity index (χ2n) is 5.25. The molecule has 2 saturated heterocycles. The van der Waals surface area contributed by atoms with Gasteiger partial charge in [-0.15, -0.1) is 0 Å². The molecule has 3 rings (SSSR count). The Morgan fingerprint density at radius 2 is 2.38 bits per heavy atom. The molecule has 2 aliphatic heterocycles. The minimum atomic E-state index is -1.06. The van der Waals surface area contributed by atoms with Gasteiger partial charge in [-0.1, -0.05) is 11.6 Å². The molecule has 3 heterocycles. The van der Waals surface area contributed by atoms with Crippen LogP contribution in [-0.2, 0) is 9.53 Å². The molecular weight excluding hydrogens is 298 g/mol. The molecule has 1 aromatic rings. The fraction of sp³-hybridized carbons (Fsp3) is 0.462. The second kappa shape index (κ2) is 5.16. The zero-order valence-electron chi connectivity index (χ0n) is 11.1. The van der Waals surface area contributed by atoms with Gasteiger partial charge in [0.25, 0.3) is 0 Å². The van der Waals surface area contributed by atoms with E-state index in [4.69, 9.17) is 21.4 Å². The van der Waals surface area contributed by atoms with Crippen molar-refractivity contribution in [1.82, 2.24) is 10.3 Å². The molecule has 112 valence electrons. The van der Waals surface area contributed by atoms with E-state index in [1.807, 2.05) is 4.90 Å². The lowest BCUT2D eigenvalue weighted by Crippen LogP contribution is -2.53. The van der Waals surface area contributed by atoms with Crippen molar-refractivity contribution in [3.05, 3.63) is 22.8 Å². The van der Waals surface area contributed by atoms with E-state index >= 15 is 0 Å². The largest absolute Gasteiger partial charge is 0.478 e. The lowest BCUT2D eigenvalue weighted by Gasteiger charge is -2.33. The number of aromatic nitrogens is 1. The van der Waals surface area contributed by atoms with E-state index < -0.39 is 11.6 Å². The van der Waals surface area contributed by atoms with Crippen molar-refractivity contribution in [1.29, 1.82) is 0 Å². The molecule has 1 amide bonds. The Kier molecular flexibility index (Phi) is 3.46. The van der Waals surface area contributed by atoms with E-state index in [1.165, 1.54) is 12.3 Å². The van der Waals surface area contributed by atoms with E-state index in [-0.39, 0.29) is 18.1 Å². The number of rotatable bonds is 2. The molecule has 21 heavy (non-hydrogen) atoms. The first-order valence-corrected chi connectivity index (χ1v) is 6.91. The van der Waals surface area contributed by atoms with Gasteiger partial charge < -0.3 is 20.1 Å². The van der Waals surface area contributed by atoms with Crippen molar-refractivity contribution in [2.45, 2.75) is 12.0 Å². The Balaban J connectivity index is 1.77. The predicted octanol–water partition coefficient (Wildman–Crippen LogP) is 0.528. The van der Waals surface area contributed by atoms with Crippen LogP contribution in [0.25, 0.3) is 0 Å².